The topological polar surface area (TPSA) is 50.3 Å². The number of benzene rings is 1. The predicted octanol–water partition coefficient (Wildman–Crippen LogP) is 1.89. The lowest BCUT2D eigenvalue weighted by Gasteiger charge is -2.18. The lowest BCUT2D eigenvalue weighted by molar-refractivity contribution is 0.308. The SMILES string of the molecule is Fc1ccc(CCOc2cncc(N3C[C@H]4CNC[C@H]4C3)n2)cc1. The summed E-state index contributed by atoms with van der Waals surface area (Å²) >= 11 is 0. The molecule has 2 aliphatic rings. The van der Waals surface area contributed by atoms with Gasteiger partial charge in [-0.15, -0.1) is 0 Å². The van der Waals surface area contributed by atoms with Gasteiger partial charge in [-0.3, -0.25) is 4.98 Å². The molecule has 24 heavy (non-hydrogen) atoms. The van der Waals surface area contributed by atoms with E-state index in [-0.39, 0.29) is 5.82 Å². The van der Waals surface area contributed by atoms with E-state index in [0.29, 0.717) is 18.9 Å². The Hall–Kier alpha value is -2.21. The van der Waals surface area contributed by atoms with Crippen LogP contribution >= 0.6 is 0 Å². The van der Waals surface area contributed by atoms with Gasteiger partial charge in [-0.1, -0.05) is 12.1 Å². The van der Waals surface area contributed by atoms with Crippen molar-refractivity contribution in [1.29, 1.82) is 0 Å². The van der Waals surface area contributed by atoms with E-state index in [1.54, 1.807) is 24.5 Å². The van der Waals surface area contributed by atoms with Gasteiger partial charge in [0.05, 0.1) is 19.0 Å². The Morgan fingerprint density at radius 2 is 1.88 bits per heavy atom. The molecule has 0 saturated carbocycles. The molecule has 4 rings (SSSR count). The van der Waals surface area contributed by atoms with Gasteiger partial charge in [-0.05, 0) is 29.5 Å². The first-order valence-corrected chi connectivity index (χ1v) is 8.43. The minimum atomic E-state index is -0.219. The van der Waals surface area contributed by atoms with Crippen molar-refractivity contribution in [3.8, 4) is 5.88 Å². The summed E-state index contributed by atoms with van der Waals surface area (Å²) in [4.78, 5) is 11.2. The Morgan fingerprint density at radius 3 is 2.62 bits per heavy atom. The van der Waals surface area contributed by atoms with Gasteiger partial charge in [0, 0.05) is 32.6 Å². The Labute approximate surface area is 140 Å². The molecule has 0 amide bonds. The molecule has 2 aromatic rings. The van der Waals surface area contributed by atoms with Crippen LogP contribution in [-0.4, -0.2) is 42.8 Å². The van der Waals surface area contributed by atoms with E-state index in [2.05, 4.69) is 20.2 Å². The van der Waals surface area contributed by atoms with Gasteiger partial charge < -0.3 is 15.0 Å². The molecule has 0 unspecified atom stereocenters. The molecule has 1 aromatic heterocycles. The second-order valence-electron chi connectivity index (χ2n) is 6.52. The van der Waals surface area contributed by atoms with E-state index in [1.165, 1.54) is 12.1 Å². The summed E-state index contributed by atoms with van der Waals surface area (Å²) in [6, 6.07) is 6.49. The number of hydrogen-bond acceptors (Lipinski definition) is 5. The average Bonchev–Trinajstić information content (AvgIpc) is 3.19. The molecule has 2 saturated heterocycles. The van der Waals surface area contributed by atoms with Gasteiger partial charge >= 0.3 is 0 Å². The first-order chi connectivity index (χ1) is 11.8. The van der Waals surface area contributed by atoms with Crippen LogP contribution in [0.2, 0.25) is 0 Å². The molecule has 1 aromatic carbocycles. The van der Waals surface area contributed by atoms with Crippen molar-refractivity contribution in [2.75, 3.05) is 37.7 Å². The van der Waals surface area contributed by atoms with E-state index in [1.807, 2.05) is 0 Å². The first kappa shape index (κ1) is 15.3. The summed E-state index contributed by atoms with van der Waals surface area (Å²) in [5, 5.41) is 3.44. The second kappa shape index (κ2) is 6.73. The molecule has 6 heteroatoms. The third-order valence-corrected chi connectivity index (χ3v) is 4.87. The summed E-state index contributed by atoms with van der Waals surface area (Å²) in [5.74, 6) is 2.65. The van der Waals surface area contributed by atoms with Crippen LogP contribution in [0.1, 0.15) is 5.56 Å². The molecule has 3 heterocycles. The van der Waals surface area contributed by atoms with Crippen LogP contribution < -0.4 is 15.0 Å². The lowest BCUT2D eigenvalue weighted by atomic mass is 10.0. The molecule has 126 valence electrons. The molecular weight excluding hydrogens is 307 g/mol. The normalized spacial score (nSPS) is 22.6. The average molecular weight is 328 g/mol. The zero-order chi connectivity index (χ0) is 16.4. The maximum absolute atomic E-state index is 12.9. The largest absolute Gasteiger partial charge is 0.476 e. The fraction of sp³-hybridized carbons (Fsp3) is 0.444. The number of rotatable bonds is 5. The van der Waals surface area contributed by atoms with Gasteiger partial charge in [0.15, 0.2) is 5.82 Å². The highest BCUT2D eigenvalue weighted by molar-refractivity contribution is 5.39. The monoisotopic (exact) mass is 328 g/mol. The molecule has 0 spiro atoms. The maximum atomic E-state index is 12.9. The van der Waals surface area contributed by atoms with E-state index < -0.39 is 0 Å². The lowest BCUT2D eigenvalue weighted by Crippen LogP contribution is -2.26. The number of fused-ring (bicyclic) bond motifs is 1. The van der Waals surface area contributed by atoms with Crippen LogP contribution in [0.25, 0.3) is 0 Å². The van der Waals surface area contributed by atoms with E-state index in [4.69, 9.17) is 4.74 Å². The van der Waals surface area contributed by atoms with Crippen LogP contribution in [0.15, 0.2) is 36.7 Å². The molecule has 0 bridgehead atoms. The van der Waals surface area contributed by atoms with Crippen LogP contribution in [-0.2, 0) is 6.42 Å². The van der Waals surface area contributed by atoms with E-state index in [9.17, 15) is 4.39 Å². The summed E-state index contributed by atoms with van der Waals surface area (Å²) in [6.07, 6.45) is 4.17. The minimum absolute atomic E-state index is 0.219. The summed E-state index contributed by atoms with van der Waals surface area (Å²) in [6.45, 7) is 4.76. The van der Waals surface area contributed by atoms with Crippen LogP contribution in [0.3, 0.4) is 0 Å². The summed E-state index contributed by atoms with van der Waals surface area (Å²) < 4.78 is 18.6. The molecule has 2 atom stereocenters. The van der Waals surface area contributed by atoms with Crippen LogP contribution in [0, 0.1) is 17.7 Å². The highest BCUT2D eigenvalue weighted by Crippen LogP contribution is 2.29. The Morgan fingerprint density at radius 1 is 1.12 bits per heavy atom. The summed E-state index contributed by atoms with van der Waals surface area (Å²) in [7, 11) is 0. The summed E-state index contributed by atoms with van der Waals surface area (Å²) in [5.41, 5.74) is 1.04. The van der Waals surface area contributed by atoms with Crippen molar-refractivity contribution in [2.24, 2.45) is 11.8 Å². The molecule has 0 radical (unpaired) electrons. The van der Waals surface area contributed by atoms with Crippen LogP contribution in [0.5, 0.6) is 5.88 Å². The molecular formula is C18H21FN4O. The molecule has 5 nitrogen and oxygen atoms in total. The van der Waals surface area contributed by atoms with Gasteiger partial charge in [0.1, 0.15) is 5.82 Å². The standard InChI is InChI=1S/C18H21FN4O/c19-16-3-1-13(2-4-16)5-6-24-18-10-21-9-17(22-18)23-11-14-7-20-8-15(14)12-23/h1-4,9-10,14-15,20H,5-8,11-12H2/t14-,15+. The van der Waals surface area contributed by atoms with Crippen molar-refractivity contribution in [1.82, 2.24) is 15.3 Å². The minimum Gasteiger partial charge on any atom is -0.476 e. The smallest absolute Gasteiger partial charge is 0.234 e. The molecule has 1 N–H and O–H groups in total. The fourth-order valence-corrected chi connectivity index (χ4v) is 3.53. The number of hydrogen-bond donors (Lipinski definition) is 1. The fourth-order valence-electron chi connectivity index (χ4n) is 3.53. The highest BCUT2D eigenvalue weighted by Gasteiger charge is 2.36. The van der Waals surface area contributed by atoms with Gasteiger partial charge in [0.25, 0.3) is 0 Å². The number of aromatic nitrogens is 2. The maximum Gasteiger partial charge on any atom is 0.234 e. The number of ether oxygens (including phenoxy) is 1. The van der Waals surface area contributed by atoms with Crippen molar-refractivity contribution < 1.29 is 9.13 Å². The van der Waals surface area contributed by atoms with Gasteiger partial charge in [0.2, 0.25) is 5.88 Å². The van der Waals surface area contributed by atoms with Crippen molar-refractivity contribution >= 4 is 5.82 Å². The number of nitrogens with one attached hydrogen (secondary N) is 1. The highest BCUT2D eigenvalue weighted by atomic mass is 19.1. The van der Waals surface area contributed by atoms with Gasteiger partial charge in [-0.2, -0.15) is 4.98 Å². The predicted molar refractivity (Wildman–Crippen MR) is 89.7 cm³/mol. The number of halogens is 1. The molecule has 2 aliphatic heterocycles. The third-order valence-electron chi connectivity index (χ3n) is 4.87. The Bertz CT molecular complexity index is 682. The van der Waals surface area contributed by atoms with Crippen molar-refractivity contribution in [3.63, 3.8) is 0 Å². The second-order valence-corrected chi connectivity index (χ2v) is 6.52. The Kier molecular flexibility index (Phi) is 4.30. The molecule has 0 aliphatic carbocycles. The van der Waals surface area contributed by atoms with E-state index in [0.717, 1.165) is 49.4 Å². The zero-order valence-corrected chi connectivity index (χ0v) is 13.5. The number of nitrogens with zero attached hydrogens (tertiary/aromatic N) is 3. The van der Waals surface area contributed by atoms with E-state index >= 15 is 0 Å². The number of anilines is 1. The molecule has 2 fully saturated rings. The Balaban J connectivity index is 1.34. The first-order valence-electron chi connectivity index (χ1n) is 8.43. The zero-order valence-electron chi connectivity index (χ0n) is 13.5. The van der Waals surface area contributed by atoms with Gasteiger partial charge in [-0.25, -0.2) is 4.39 Å². The van der Waals surface area contributed by atoms with Crippen LogP contribution in [0.4, 0.5) is 10.2 Å². The van der Waals surface area contributed by atoms with Crippen molar-refractivity contribution in [2.45, 2.75) is 6.42 Å². The van der Waals surface area contributed by atoms with Crippen molar-refractivity contribution in [3.05, 3.63) is 48.0 Å². The quantitative estimate of drug-likeness (QED) is 0.908. The third kappa shape index (κ3) is 3.33.